The quantitative estimate of drug-likeness (QED) is 0.599. The van der Waals surface area contributed by atoms with E-state index in [1.165, 1.54) is 25.7 Å². The molecule has 1 nitrogen and oxygen atoms in total. The fraction of sp³-hybridized carbons (Fsp3) is 0.857. The van der Waals surface area contributed by atoms with Crippen molar-refractivity contribution in [1.82, 2.24) is 0 Å². The van der Waals surface area contributed by atoms with Crippen LogP contribution in [-0.4, -0.2) is 5.60 Å². The smallest absolute Gasteiger partial charge is 0.108 e. The summed E-state index contributed by atoms with van der Waals surface area (Å²) in [6.45, 7) is 13.0. The summed E-state index contributed by atoms with van der Waals surface area (Å²) in [4.78, 5) is 0. The van der Waals surface area contributed by atoms with Crippen molar-refractivity contribution in [3.63, 3.8) is 0 Å². The van der Waals surface area contributed by atoms with Crippen LogP contribution >= 0.6 is 0 Å². The fourth-order valence-corrected chi connectivity index (χ4v) is 2.14. The normalized spacial score (nSPS) is 20.3. The minimum Gasteiger partial charge on any atom is -0.492 e. The van der Waals surface area contributed by atoms with Gasteiger partial charge in [-0.25, -0.2) is 0 Å². The molecule has 0 radical (unpaired) electrons. The lowest BCUT2D eigenvalue weighted by Crippen LogP contribution is -2.31. The Morgan fingerprint density at radius 1 is 1.27 bits per heavy atom. The van der Waals surface area contributed by atoms with Gasteiger partial charge in [-0.05, 0) is 38.5 Å². The number of hydrogen-bond donors (Lipinski definition) is 0. The van der Waals surface area contributed by atoms with E-state index in [-0.39, 0.29) is 11.0 Å². The molecular formula is C14H26O. The van der Waals surface area contributed by atoms with Gasteiger partial charge in [0.05, 0.1) is 5.76 Å². The van der Waals surface area contributed by atoms with Crippen molar-refractivity contribution >= 4 is 0 Å². The highest BCUT2D eigenvalue weighted by atomic mass is 16.5. The van der Waals surface area contributed by atoms with Crippen molar-refractivity contribution in [2.24, 2.45) is 5.41 Å². The Balaban J connectivity index is 2.63. The number of hydrogen-bond acceptors (Lipinski definition) is 1. The fourth-order valence-electron chi connectivity index (χ4n) is 2.14. The van der Waals surface area contributed by atoms with E-state index < -0.39 is 0 Å². The van der Waals surface area contributed by atoms with Crippen molar-refractivity contribution in [2.75, 3.05) is 0 Å². The van der Waals surface area contributed by atoms with Crippen LogP contribution in [0, 0.1) is 5.41 Å². The first kappa shape index (κ1) is 12.6. The molecule has 0 amide bonds. The molecule has 0 atom stereocenters. The molecule has 1 heteroatoms. The molecule has 1 aliphatic rings. The Kier molecular flexibility index (Phi) is 3.86. The molecule has 0 N–H and O–H groups in total. The second-order valence-electron chi connectivity index (χ2n) is 5.51. The third-order valence-electron chi connectivity index (χ3n) is 4.14. The molecule has 0 saturated heterocycles. The lowest BCUT2D eigenvalue weighted by Gasteiger charge is -2.36. The van der Waals surface area contributed by atoms with Gasteiger partial charge in [0, 0.05) is 5.41 Å². The summed E-state index contributed by atoms with van der Waals surface area (Å²) < 4.78 is 6.21. The van der Waals surface area contributed by atoms with Crippen LogP contribution in [0.4, 0.5) is 0 Å². The summed E-state index contributed by atoms with van der Waals surface area (Å²) in [5, 5.41) is 0. The van der Waals surface area contributed by atoms with Gasteiger partial charge in [0.2, 0.25) is 0 Å². The minimum absolute atomic E-state index is 0.115. The van der Waals surface area contributed by atoms with E-state index >= 15 is 0 Å². The van der Waals surface area contributed by atoms with Crippen LogP contribution in [0.1, 0.15) is 66.2 Å². The molecule has 0 aromatic heterocycles. The van der Waals surface area contributed by atoms with Crippen LogP contribution in [0.5, 0.6) is 0 Å². The van der Waals surface area contributed by atoms with E-state index in [0.717, 1.165) is 18.6 Å². The average Bonchev–Trinajstić information content (AvgIpc) is 2.67. The van der Waals surface area contributed by atoms with Crippen LogP contribution in [0.15, 0.2) is 12.3 Å². The Labute approximate surface area is 94.9 Å². The van der Waals surface area contributed by atoms with E-state index in [1.807, 2.05) is 0 Å². The van der Waals surface area contributed by atoms with Gasteiger partial charge in [-0.1, -0.05) is 34.3 Å². The summed E-state index contributed by atoms with van der Waals surface area (Å²) in [6.07, 6.45) is 7.25. The van der Waals surface area contributed by atoms with E-state index in [9.17, 15) is 0 Å². The molecule has 0 aromatic carbocycles. The maximum atomic E-state index is 6.21. The first-order valence-corrected chi connectivity index (χ1v) is 6.34. The third-order valence-corrected chi connectivity index (χ3v) is 4.14. The second-order valence-corrected chi connectivity index (χ2v) is 5.51. The molecule has 1 saturated carbocycles. The van der Waals surface area contributed by atoms with Gasteiger partial charge in [0.25, 0.3) is 0 Å². The van der Waals surface area contributed by atoms with E-state index in [0.29, 0.717) is 0 Å². The van der Waals surface area contributed by atoms with Gasteiger partial charge >= 0.3 is 0 Å². The standard InChI is InChI=1S/C14H26O/c1-6-13(4,5)12(3)15-14(7-2)10-8-9-11-14/h3,6-11H2,1-2,4-5H3. The Morgan fingerprint density at radius 3 is 2.20 bits per heavy atom. The zero-order chi connectivity index (χ0) is 11.5. The van der Waals surface area contributed by atoms with Crippen molar-refractivity contribution in [2.45, 2.75) is 71.8 Å². The zero-order valence-electron chi connectivity index (χ0n) is 10.9. The van der Waals surface area contributed by atoms with E-state index in [2.05, 4.69) is 34.3 Å². The zero-order valence-corrected chi connectivity index (χ0v) is 10.9. The highest BCUT2D eigenvalue weighted by Gasteiger charge is 2.36. The maximum Gasteiger partial charge on any atom is 0.108 e. The topological polar surface area (TPSA) is 9.23 Å². The Morgan fingerprint density at radius 2 is 1.80 bits per heavy atom. The molecule has 1 rings (SSSR count). The van der Waals surface area contributed by atoms with Gasteiger partial charge in [-0.15, -0.1) is 0 Å². The third kappa shape index (κ3) is 2.76. The van der Waals surface area contributed by atoms with Crippen molar-refractivity contribution in [1.29, 1.82) is 0 Å². The van der Waals surface area contributed by atoms with Gasteiger partial charge < -0.3 is 4.74 Å². The molecular weight excluding hydrogens is 184 g/mol. The molecule has 0 aromatic rings. The van der Waals surface area contributed by atoms with Gasteiger partial charge in [0.15, 0.2) is 0 Å². The molecule has 15 heavy (non-hydrogen) atoms. The number of ether oxygens (including phenoxy) is 1. The Bertz CT molecular complexity index is 221. The van der Waals surface area contributed by atoms with E-state index in [4.69, 9.17) is 4.74 Å². The SMILES string of the molecule is C=C(OC1(CC)CCCC1)C(C)(C)CC. The summed E-state index contributed by atoms with van der Waals surface area (Å²) in [5.74, 6) is 0.980. The first-order chi connectivity index (χ1) is 6.96. The van der Waals surface area contributed by atoms with E-state index in [1.54, 1.807) is 0 Å². The van der Waals surface area contributed by atoms with Crippen molar-refractivity contribution < 1.29 is 4.74 Å². The molecule has 0 heterocycles. The van der Waals surface area contributed by atoms with Crippen LogP contribution in [-0.2, 0) is 4.74 Å². The Hall–Kier alpha value is -0.460. The molecule has 1 fully saturated rings. The summed E-state index contributed by atoms with van der Waals surface area (Å²) in [5.41, 5.74) is 0.230. The summed E-state index contributed by atoms with van der Waals surface area (Å²) >= 11 is 0. The highest BCUT2D eigenvalue weighted by molar-refractivity contribution is 5.02. The summed E-state index contributed by atoms with van der Waals surface area (Å²) in [6, 6.07) is 0. The van der Waals surface area contributed by atoms with Crippen molar-refractivity contribution in [3.8, 4) is 0 Å². The lowest BCUT2D eigenvalue weighted by molar-refractivity contribution is -0.0223. The van der Waals surface area contributed by atoms with Crippen LogP contribution in [0.25, 0.3) is 0 Å². The second kappa shape index (κ2) is 4.59. The molecule has 0 unspecified atom stereocenters. The number of rotatable bonds is 5. The molecule has 1 aliphatic carbocycles. The maximum absolute atomic E-state index is 6.21. The van der Waals surface area contributed by atoms with Gasteiger partial charge in [0.1, 0.15) is 5.60 Å². The lowest BCUT2D eigenvalue weighted by atomic mass is 9.87. The predicted octanol–water partition coefficient (Wildman–Crippen LogP) is 4.68. The van der Waals surface area contributed by atoms with Crippen LogP contribution in [0.2, 0.25) is 0 Å². The number of allylic oxidation sites excluding steroid dienone is 1. The molecule has 0 aliphatic heterocycles. The van der Waals surface area contributed by atoms with Crippen LogP contribution < -0.4 is 0 Å². The van der Waals surface area contributed by atoms with Gasteiger partial charge in [-0.3, -0.25) is 0 Å². The first-order valence-electron chi connectivity index (χ1n) is 6.34. The molecule has 0 spiro atoms. The van der Waals surface area contributed by atoms with Gasteiger partial charge in [-0.2, -0.15) is 0 Å². The molecule has 0 bridgehead atoms. The highest BCUT2D eigenvalue weighted by Crippen LogP contribution is 2.41. The monoisotopic (exact) mass is 210 g/mol. The predicted molar refractivity (Wildman–Crippen MR) is 65.8 cm³/mol. The summed E-state index contributed by atoms with van der Waals surface area (Å²) in [7, 11) is 0. The largest absolute Gasteiger partial charge is 0.492 e. The average molecular weight is 210 g/mol. The minimum atomic E-state index is 0.115. The molecule has 88 valence electrons. The van der Waals surface area contributed by atoms with Crippen LogP contribution in [0.3, 0.4) is 0 Å². The van der Waals surface area contributed by atoms with Crippen molar-refractivity contribution in [3.05, 3.63) is 12.3 Å².